The fraction of sp³-hybridized carbons (Fsp3) is 0.111. The maximum Gasteiger partial charge on any atom is 0.293 e. The molecule has 0 unspecified atom stereocenters. The van der Waals surface area contributed by atoms with Gasteiger partial charge in [-0.25, -0.2) is 0 Å². The van der Waals surface area contributed by atoms with Gasteiger partial charge in [0, 0.05) is 5.56 Å². The molecule has 0 atom stereocenters. The van der Waals surface area contributed by atoms with Crippen LogP contribution in [-0.2, 0) is 4.79 Å². The summed E-state index contributed by atoms with van der Waals surface area (Å²) in [4.78, 5) is 25.9. The molecule has 1 heterocycles. The standard InChI is InChI=1S/C18H11Cl4NO4S/c19-10-3-1-2-4-13(10)27-6-5-23-17(25)14(28-18(23)26)7-9-11(20)8-12(21)16(24)15(9)22/h1-4,7-8,24H,5-6H2/b14-7-. The first-order chi connectivity index (χ1) is 13.3. The number of thioether (sulfide) groups is 1. The van der Waals surface area contributed by atoms with E-state index >= 15 is 0 Å². The second kappa shape index (κ2) is 8.84. The summed E-state index contributed by atoms with van der Waals surface area (Å²) in [5, 5.41) is 9.85. The van der Waals surface area contributed by atoms with Gasteiger partial charge in [-0.15, -0.1) is 0 Å². The number of para-hydroxylation sites is 1. The molecule has 0 bridgehead atoms. The lowest BCUT2D eigenvalue weighted by atomic mass is 10.2. The molecule has 1 N–H and O–H groups in total. The number of phenols is 1. The molecule has 1 saturated heterocycles. The molecule has 10 heteroatoms. The Balaban J connectivity index is 1.74. The number of nitrogens with zero attached hydrogens (tertiary/aromatic N) is 1. The molecule has 1 fully saturated rings. The van der Waals surface area contributed by atoms with Gasteiger partial charge >= 0.3 is 0 Å². The minimum Gasteiger partial charge on any atom is -0.505 e. The van der Waals surface area contributed by atoms with Crippen molar-refractivity contribution in [3.8, 4) is 11.5 Å². The van der Waals surface area contributed by atoms with E-state index in [0.717, 1.165) is 16.7 Å². The molecule has 28 heavy (non-hydrogen) atoms. The second-order valence-corrected chi connectivity index (χ2v) is 8.12. The van der Waals surface area contributed by atoms with E-state index in [-0.39, 0.29) is 44.4 Å². The Morgan fingerprint density at radius 2 is 1.79 bits per heavy atom. The molecule has 2 amide bonds. The molecule has 0 aliphatic carbocycles. The van der Waals surface area contributed by atoms with Crippen LogP contribution in [-0.4, -0.2) is 34.3 Å². The minimum atomic E-state index is -0.515. The van der Waals surface area contributed by atoms with Crippen molar-refractivity contribution in [1.29, 1.82) is 0 Å². The van der Waals surface area contributed by atoms with Crippen LogP contribution in [0.5, 0.6) is 11.5 Å². The van der Waals surface area contributed by atoms with Crippen molar-refractivity contribution in [3.05, 3.63) is 60.9 Å². The lowest BCUT2D eigenvalue weighted by molar-refractivity contribution is -0.123. The highest BCUT2D eigenvalue weighted by Crippen LogP contribution is 2.42. The summed E-state index contributed by atoms with van der Waals surface area (Å²) in [5.74, 6) is -0.410. The van der Waals surface area contributed by atoms with Gasteiger partial charge in [-0.3, -0.25) is 14.5 Å². The fourth-order valence-electron chi connectivity index (χ4n) is 2.36. The summed E-state index contributed by atoms with van der Waals surface area (Å²) in [5.41, 5.74) is 0.197. The minimum absolute atomic E-state index is 0.0167. The molecule has 2 aromatic carbocycles. The van der Waals surface area contributed by atoms with Crippen LogP contribution >= 0.6 is 58.2 Å². The smallest absolute Gasteiger partial charge is 0.293 e. The zero-order valence-electron chi connectivity index (χ0n) is 13.9. The van der Waals surface area contributed by atoms with Crippen molar-refractivity contribution in [2.24, 2.45) is 0 Å². The first kappa shape index (κ1) is 21.1. The number of hydrogen-bond acceptors (Lipinski definition) is 5. The lowest BCUT2D eigenvalue weighted by Crippen LogP contribution is -2.32. The number of benzene rings is 2. The molecule has 0 spiro atoms. The summed E-state index contributed by atoms with van der Waals surface area (Å²) in [6.45, 7) is 0.124. The number of imide groups is 1. The first-order valence-corrected chi connectivity index (χ1v) is 10.1. The van der Waals surface area contributed by atoms with E-state index in [1.54, 1.807) is 24.3 Å². The number of phenolic OH excluding ortho intramolecular Hbond substituents is 1. The highest BCUT2D eigenvalue weighted by molar-refractivity contribution is 8.18. The third-order valence-electron chi connectivity index (χ3n) is 3.74. The van der Waals surface area contributed by atoms with Crippen LogP contribution in [0.15, 0.2) is 35.2 Å². The SMILES string of the molecule is O=C1S/C(=C\c2c(Cl)cc(Cl)c(O)c2Cl)C(=O)N1CCOc1ccccc1Cl. The van der Waals surface area contributed by atoms with Crippen LogP contribution in [0.4, 0.5) is 4.79 Å². The highest BCUT2D eigenvalue weighted by atomic mass is 35.5. The van der Waals surface area contributed by atoms with Crippen LogP contribution in [0.1, 0.15) is 5.56 Å². The Morgan fingerprint density at radius 3 is 2.50 bits per heavy atom. The third-order valence-corrected chi connectivity index (χ3v) is 5.94. The van der Waals surface area contributed by atoms with E-state index in [1.165, 1.54) is 12.1 Å². The summed E-state index contributed by atoms with van der Waals surface area (Å²) in [7, 11) is 0. The molecular formula is C18H11Cl4NO4S. The van der Waals surface area contributed by atoms with Gasteiger partial charge in [0.25, 0.3) is 11.1 Å². The number of ether oxygens (including phenoxy) is 1. The van der Waals surface area contributed by atoms with E-state index in [4.69, 9.17) is 51.1 Å². The van der Waals surface area contributed by atoms with Crippen molar-refractivity contribution in [3.63, 3.8) is 0 Å². The molecule has 0 saturated carbocycles. The Morgan fingerprint density at radius 1 is 1.07 bits per heavy atom. The summed E-state index contributed by atoms with van der Waals surface area (Å²) < 4.78 is 5.52. The van der Waals surface area contributed by atoms with Crippen molar-refractivity contribution in [1.82, 2.24) is 4.90 Å². The number of carbonyl (C=O) groups excluding carboxylic acids is 2. The average molecular weight is 479 g/mol. The second-order valence-electron chi connectivity index (χ2n) is 5.53. The van der Waals surface area contributed by atoms with E-state index in [1.807, 2.05) is 0 Å². The highest BCUT2D eigenvalue weighted by Gasteiger charge is 2.35. The van der Waals surface area contributed by atoms with E-state index < -0.39 is 11.1 Å². The predicted molar refractivity (Wildman–Crippen MR) is 113 cm³/mol. The number of hydrogen-bond donors (Lipinski definition) is 1. The molecule has 0 radical (unpaired) electrons. The summed E-state index contributed by atoms with van der Waals surface area (Å²) in [6, 6.07) is 8.19. The Hall–Kier alpha value is -1.57. The van der Waals surface area contributed by atoms with Crippen molar-refractivity contribution < 1.29 is 19.4 Å². The number of amides is 2. The molecule has 5 nitrogen and oxygen atoms in total. The van der Waals surface area contributed by atoms with Crippen LogP contribution < -0.4 is 4.74 Å². The topological polar surface area (TPSA) is 66.8 Å². The first-order valence-electron chi connectivity index (χ1n) is 7.78. The zero-order valence-corrected chi connectivity index (χ0v) is 17.8. The Kier molecular flexibility index (Phi) is 6.68. The predicted octanol–water partition coefficient (Wildman–Crippen LogP) is 6.12. The quantitative estimate of drug-likeness (QED) is 0.524. The number of carbonyl (C=O) groups is 2. The molecule has 0 aromatic heterocycles. The van der Waals surface area contributed by atoms with Gasteiger partial charge in [0.15, 0.2) is 5.75 Å². The number of rotatable bonds is 5. The number of aromatic hydroxyl groups is 1. The molecule has 3 rings (SSSR count). The van der Waals surface area contributed by atoms with E-state index in [9.17, 15) is 14.7 Å². The van der Waals surface area contributed by atoms with Crippen LogP contribution in [0.3, 0.4) is 0 Å². The summed E-state index contributed by atoms with van der Waals surface area (Å²) in [6.07, 6.45) is 1.35. The third kappa shape index (κ3) is 4.36. The van der Waals surface area contributed by atoms with Gasteiger partial charge in [-0.1, -0.05) is 58.5 Å². The summed E-state index contributed by atoms with van der Waals surface area (Å²) >= 11 is 24.7. The van der Waals surface area contributed by atoms with Gasteiger partial charge < -0.3 is 9.84 Å². The fourth-order valence-corrected chi connectivity index (χ4v) is 4.27. The average Bonchev–Trinajstić information content (AvgIpc) is 2.92. The van der Waals surface area contributed by atoms with Crippen LogP contribution in [0.2, 0.25) is 20.1 Å². The molecule has 1 aliphatic heterocycles. The lowest BCUT2D eigenvalue weighted by Gasteiger charge is -2.13. The number of halogens is 4. The van der Waals surface area contributed by atoms with Crippen molar-refractivity contribution in [2.75, 3.05) is 13.2 Å². The Bertz CT molecular complexity index is 996. The molecule has 146 valence electrons. The zero-order chi connectivity index (χ0) is 20.4. The van der Waals surface area contributed by atoms with Gasteiger partial charge in [0.1, 0.15) is 12.4 Å². The molecular weight excluding hydrogens is 468 g/mol. The maximum atomic E-state index is 12.6. The molecule has 2 aromatic rings. The van der Waals surface area contributed by atoms with E-state index in [0.29, 0.717) is 10.8 Å². The van der Waals surface area contributed by atoms with Crippen LogP contribution in [0.25, 0.3) is 6.08 Å². The van der Waals surface area contributed by atoms with Crippen molar-refractivity contribution in [2.45, 2.75) is 0 Å². The van der Waals surface area contributed by atoms with Crippen molar-refractivity contribution >= 4 is 75.4 Å². The normalized spacial score (nSPS) is 15.6. The van der Waals surface area contributed by atoms with Gasteiger partial charge in [0.2, 0.25) is 0 Å². The van der Waals surface area contributed by atoms with Gasteiger partial charge in [-0.2, -0.15) is 0 Å². The maximum absolute atomic E-state index is 12.6. The van der Waals surface area contributed by atoms with Gasteiger partial charge in [0.05, 0.1) is 31.5 Å². The van der Waals surface area contributed by atoms with Crippen LogP contribution in [0, 0.1) is 0 Å². The monoisotopic (exact) mass is 477 g/mol. The van der Waals surface area contributed by atoms with E-state index in [2.05, 4.69) is 0 Å². The largest absolute Gasteiger partial charge is 0.505 e. The van der Waals surface area contributed by atoms with Gasteiger partial charge in [-0.05, 0) is 36.0 Å². The molecule has 1 aliphatic rings. The Labute approximate surface area is 184 Å².